The van der Waals surface area contributed by atoms with E-state index in [-0.39, 0.29) is 5.82 Å². The number of carbonyl (C=O) groups excluding carboxylic acids is 1. The first-order valence-corrected chi connectivity index (χ1v) is 5.26. The van der Waals surface area contributed by atoms with Crippen LogP contribution in [0, 0.1) is 18.6 Å². The SMILES string of the molecule is Cc1cc(-c2ccc(C(=O)[O-])c(F)c2)ccc1F. The first-order valence-electron chi connectivity index (χ1n) is 5.26. The molecule has 2 aromatic carbocycles. The quantitative estimate of drug-likeness (QED) is 0.817. The van der Waals surface area contributed by atoms with Gasteiger partial charge in [0.15, 0.2) is 0 Å². The fourth-order valence-corrected chi connectivity index (χ4v) is 1.68. The molecular weight excluding hydrogens is 238 g/mol. The summed E-state index contributed by atoms with van der Waals surface area (Å²) in [4.78, 5) is 10.6. The molecule has 0 radical (unpaired) electrons. The van der Waals surface area contributed by atoms with Gasteiger partial charge in [-0.3, -0.25) is 0 Å². The Kier molecular flexibility index (Phi) is 3.10. The van der Waals surface area contributed by atoms with Crippen molar-refractivity contribution in [2.75, 3.05) is 0 Å². The maximum absolute atomic E-state index is 13.5. The van der Waals surface area contributed by atoms with Crippen molar-refractivity contribution < 1.29 is 18.7 Å². The zero-order valence-corrected chi connectivity index (χ0v) is 9.54. The molecule has 0 N–H and O–H groups in total. The molecule has 0 bridgehead atoms. The van der Waals surface area contributed by atoms with Gasteiger partial charge in [-0.15, -0.1) is 0 Å². The summed E-state index contributed by atoms with van der Waals surface area (Å²) in [5, 5.41) is 10.6. The van der Waals surface area contributed by atoms with Crippen LogP contribution >= 0.6 is 0 Å². The molecular formula is C14H9F2O2-. The average Bonchev–Trinajstić information content (AvgIpc) is 2.32. The highest BCUT2D eigenvalue weighted by atomic mass is 19.1. The summed E-state index contributed by atoms with van der Waals surface area (Å²) in [6.07, 6.45) is 0. The Morgan fingerprint density at radius 3 is 2.17 bits per heavy atom. The van der Waals surface area contributed by atoms with Crippen LogP contribution in [0.1, 0.15) is 15.9 Å². The van der Waals surface area contributed by atoms with E-state index in [2.05, 4.69) is 0 Å². The summed E-state index contributed by atoms with van der Waals surface area (Å²) in [5.41, 5.74) is 1.06. The molecule has 0 aliphatic carbocycles. The van der Waals surface area contributed by atoms with Gasteiger partial charge in [-0.2, -0.15) is 0 Å². The molecule has 0 aliphatic rings. The van der Waals surface area contributed by atoms with E-state index in [1.807, 2.05) is 0 Å². The number of halogens is 2. The monoisotopic (exact) mass is 247 g/mol. The number of carboxylic acids is 1. The van der Waals surface area contributed by atoms with E-state index in [9.17, 15) is 18.7 Å². The molecule has 0 fully saturated rings. The number of aryl methyl sites for hydroxylation is 1. The Morgan fingerprint density at radius 2 is 1.61 bits per heavy atom. The first kappa shape index (κ1) is 12.2. The molecule has 18 heavy (non-hydrogen) atoms. The molecule has 4 heteroatoms. The maximum Gasteiger partial charge on any atom is 0.132 e. The van der Waals surface area contributed by atoms with Crippen LogP contribution in [0.25, 0.3) is 11.1 Å². The second kappa shape index (κ2) is 4.56. The highest BCUT2D eigenvalue weighted by Gasteiger charge is 2.07. The molecule has 0 aromatic heterocycles. The minimum atomic E-state index is -1.56. The molecule has 0 saturated carbocycles. The largest absolute Gasteiger partial charge is 0.545 e. The highest BCUT2D eigenvalue weighted by Crippen LogP contribution is 2.23. The smallest absolute Gasteiger partial charge is 0.132 e. The number of benzene rings is 2. The summed E-state index contributed by atoms with van der Waals surface area (Å²) in [6.45, 7) is 1.60. The highest BCUT2D eigenvalue weighted by molar-refractivity contribution is 5.87. The average molecular weight is 247 g/mol. The lowest BCUT2D eigenvalue weighted by atomic mass is 10.0. The van der Waals surface area contributed by atoms with Gasteiger partial charge in [0, 0.05) is 5.56 Å². The molecule has 0 unspecified atom stereocenters. The van der Waals surface area contributed by atoms with Crippen LogP contribution in [-0.4, -0.2) is 5.97 Å². The van der Waals surface area contributed by atoms with E-state index in [1.54, 1.807) is 13.0 Å². The van der Waals surface area contributed by atoms with E-state index in [0.29, 0.717) is 16.7 Å². The van der Waals surface area contributed by atoms with Crippen molar-refractivity contribution in [3.8, 4) is 11.1 Å². The van der Waals surface area contributed by atoms with Crippen LogP contribution in [0.4, 0.5) is 8.78 Å². The Hall–Kier alpha value is -2.23. The third kappa shape index (κ3) is 2.22. The molecule has 0 amide bonds. The molecule has 0 aliphatic heterocycles. The van der Waals surface area contributed by atoms with Crippen molar-refractivity contribution in [3.05, 3.63) is 59.2 Å². The minimum absolute atomic E-state index is 0.342. The van der Waals surface area contributed by atoms with Gasteiger partial charge in [0.2, 0.25) is 0 Å². The summed E-state index contributed by atoms with van der Waals surface area (Å²) >= 11 is 0. The first-order chi connectivity index (χ1) is 8.49. The molecule has 2 aromatic rings. The van der Waals surface area contributed by atoms with E-state index >= 15 is 0 Å². The summed E-state index contributed by atoms with van der Waals surface area (Å²) in [5.74, 6) is -2.77. The zero-order chi connectivity index (χ0) is 13.3. The van der Waals surface area contributed by atoms with Crippen molar-refractivity contribution in [1.29, 1.82) is 0 Å². The van der Waals surface area contributed by atoms with Crippen molar-refractivity contribution in [1.82, 2.24) is 0 Å². The van der Waals surface area contributed by atoms with Gasteiger partial charge in [-0.05, 0) is 47.9 Å². The second-order valence-corrected chi connectivity index (χ2v) is 3.95. The molecule has 0 atom stereocenters. The number of hydrogen-bond acceptors (Lipinski definition) is 2. The van der Waals surface area contributed by atoms with Crippen LogP contribution in [-0.2, 0) is 0 Å². The van der Waals surface area contributed by atoms with E-state index < -0.39 is 17.3 Å². The summed E-state index contributed by atoms with van der Waals surface area (Å²) in [7, 11) is 0. The third-order valence-electron chi connectivity index (χ3n) is 2.68. The molecule has 92 valence electrons. The van der Waals surface area contributed by atoms with Crippen LogP contribution < -0.4 is 5.11 Å². The van der Waals surface area contributed by atoms with Gasteiger partial charge in [0.05, 0.1) is 5.97 Å². The topological polar surface area (TPSA) is 40.1 Å². The number of carboxylic acid groups (broad SMARTS) is 1. The Balaban J connectivity index is 2.48. The molecule has 0 saturated heterocycles. The summed E-state index contributed by atoms with van der Waals surface area (Å²) < 4.78 is 26.6. The van der Waals surface area contributed by atoms with Crippen molar-refractivity contribution in [2.45, 2.75) is 6.92 Å². The predicted octanol–water partition coefficient (Wildman–Crippen LogP) is 2.30. The molecule has 0 heterocycles. The van der Waals surface area contributed by atoms with Crippen LogP contribution in [0.3, 0.4) is 0 Å². The van der Waals surface area contributed by atoms with Crippen LogP contribution in [0.15, 0.2) is 36.4 Å². The van der Waals surface area contributed by atoms with Crippen LogP contribution in [0.2, 0.25) is 0 Å². The van der Waals surface area contributed by atoms with E-state index in [1.165, 1.54) is 18.2 Å². The Labute approximate surface area is 103 Å². The van der Waals surface area contributed by atoms with Gasteiger partial charge in [-0.25, -0.2) is 8.78 Å². The van der Waals surface area contributed by atoms with Crippen molar-refractivity contribution >= 4 is 5.97 Å². The third-order valence-corrected chi connectivity index (χ3v) is 2.68. The zero-order valence-electron chi connectivity index (χ0n) is 9.54. The molecule has 0 spiro atoms. The summed E-state index contributed by atoms with van der Waals surface area (Å²) in [6, 6.07) is 8.06. The van der Waals surface area contributed by atoms with E-state index in [4.69, 9.17) is 0 Å². The van der Waals surface area contributed by atoms with Gasteiger partial charge >= 0.3 is 0 Å². The Morgan fingerprint density at radius 1 is 1.00 bits per heavy atom. The lowest BCUT2D eigenvalue weighted by Crippen LogP contribution is -2.23. The number of carbonyl (C=O) groups is 1. The fraction of sp³-hybridized carbons (Fsp3) is 0.0714. The van der Waals surface area contributed by atoms with Gasteiger partial charge in [0.1, 0.15) is 11.6 Å². The Bertz CT molecular complexity index is 621. The van der Waals surface area contributed by atoms with Crippen LogP contribution in [0.5, 0.6) is 0 Å². The minimum Gasteiger partial charge on any atom is -0.545 e. The lowest BCUT2D eigenvalue weighted by molar-refractivity contribution is -0.255. The molecule has 2 nitrogen and oxygen atoms in total. The normalized spacial score (nSPS) is 10.4. The number of hydrogen-bond donors (Lipinski definition) is 0. The maximum atomic E-state index is 13.5. The molecule has 2 rings (SSSR count). The van der Waals surface area contributed by atoms with Gasteiger partial charge in [-0.1, -0.05) is 12.1 Å². The van der Waals surface area contributed by atoms with E-state index in [0.717, 1.165) is 12.1 Å². The number of aromatic carboxylic acids is 1. The predicted molar refractivity (Wildman–Crippen MR) is 60.9 cm³/mol. The van der Waals surface area contributed by atoms with Crippen molar-refractivity contribution in [3.63, 3.8) is 0 Å². The fourth-order valence-electron chi connectivity index (χ4n) is 1.68. The van der Waals surface area contributed by atoms with Gasteiger partial charge < -0.3 is 9.90 Å². The van der Waals surface area contributed by atoms with Crippen molar-refractivity contribution in [2.24, 2.45) is 0 Å². The second-order valence-electron chi connectivity index (χ2n) is 3.95. The van der Waals surface area contributed by atoms with Gasteiger partial charge in [0.25, 0.3) is 0 Å². The standard InChI is InChI=1S/C14H10F2O2/c1-8-6-9(3-5-12(8)15)10-2-4-11(14(17)18)13(16)7-10/h2-7H,1H3,(H,17,18)/p-1. The lowest BCUT2D eigenvalue weighted by Gasteiger charge is -2.08. The number of rotatable bonds is 2.